The number of nitrogens with one attached hydrogen (secondary N) is 2. The number of carbonyl (C=O) groups is 4. The van der Waals surface area contributed by atoms with Crippen molar-refractivity contribution < 1.29 is 29.4 Å². The van der Waals surface area contributed by atoms with Crippen molar-refractivity contribution in [1.82, 2.24) is 5.32 Å². The summed E-state index contributed by atoms with van der Waals surface area (Å²) >= 11 is 0. The summed E-state index contributed by atoms with van der Waals surface area (Å²) in [4.78, 5) is 53.7. The van der Waals surface area contributed by atoms with Crippen LogP contribution in [0.25, 0.3) is 0 Å². The van der Waals surface area contributed by atoms with Gasteiger partial charge in [0.2, 0.25) is 17.7 Å². The van der Waals surface area contributed by atoms with Crippen molar-refractivity contribution in [2.24, 2.45) is 34.5 Å². The number of imide groups is 1. The van der Waals surface area contributed by atoms with Crippen LogP contribution in [0.4, 0.5) is 5.69 Å². The predicted octanol–water partition coefficient (Wildman–Crippen LogP) is 8.22. The lowest BCUT2D eigenvalue weighted by molar-refractivity contribution is -0.150. The summed E-state index contributed by atoms with van der Waals surface area (Å²) in [6.45, 7) is 12.7. The predicted molar refractivity (Wildman–Crippen MR) is 198 cm³/mol. The van der Waals surface area contributed by atoms with Crippen molar-refractivity contribution >= 4 is 29.4 Å². The Morgan fingerprint density at radius 3 is 1.84 bits per heavy atom. The Balaban J connectivity index is 1.22. The van der Waals surface area contributed by atoms with Crippen LogP contribution in [0.2, 0.25) is 0 Å². The molecular weight excluding hydrogens is 640 g/mol. The second-order valence-corrected chi connectivity index (χ2v) is 17.8. The summed E-state index contributed by atoms with van der Waals surface area (Å²) in [6.07, 6.45) is 9.30. The van der Waals surface area contributed by atoms with Crippen LogP contribution in [0.3, 0.4) is 0 Å². The van der Waals surface area contributed by atoms with Crippen LogP contribution in [0.15, 0.2) is 36.4 Å². The van der Waals surface area contributed by atoms with Gasteiger partial charge in [-0.2, -0.15) is 0 Å². The zero-order chi connectivity index (χ0) is 36.9. The van der Waals surface area contributed by atoms with E-state index in [2.05, 4.69) is 50.5 Å². The highest BCUT2D eigenvalue weighted by Crippen LogP contribution is 2.59. The number of rotatable bonds is 9. The molecule has 0 heterocycles. The minimum atomic E-state index is -0.900. The van der Waals surface area contributed by atoms with Crippen LogP contribution < -0.4 is 10.6 Å². The molecule has 2 fully saturated rings. The fourth-order valence-electron chi connectivity index (χ4n) is 11.4. The van der Waals surface area contributed by atoms with Gasteiger partial charge in [0.25, 0.3) is 0 Å². The smallest absolute Gasteiger partial charge is 0.303 e. The number of phenols is 1. The van der Waals surface area contributed by atoms with Crippen molar-refractivity contribution in [3.8, 4) is 5.75 Å². The standard InChI is InChI=1S/C43H58N2O6/c1-26(2)23-29(13-18-36(47)48)37(49)44-30-14-9-27-11-16-34-40(3,32(27)24-30)19-7-21-42(34,5)38(50)45-39(51)43(6)22-8-20-41(4)33-25-31(46)15-10-28(33)12-17-35(41)43/h9-10,14-15,24-26,29,34-35,46H,7-8,11-13,16-23H2,1-6H3,(H,44,49)(H,47,48)(H,45,50,51)/t29-,34-,35-,40-,41-,42+,43+/m1/s1. The Morgan fingerprint density at radius 2 is 1.31 bits per heavy atom. The van der Waals surface area contributed by atoms with Gasteiger partial charge in [-0.3, -0.25) is 24.5 Å². The lowest BCUT2D eigenvalue weighted by Gasteiger charge is -2.56. The molecule has 8 heteroatoms. The topological polar surface area (TPSA) is 133 Å². The lowest BCUT2D eigenvalue weighted by atomic mass is 9.49. The van der Waals surface area contributed by atoms with Crippen LogP contribution in [0, 0.1) is 34.5 Å². The minimum Gasteiger partial charge on any atom is -0.508 e. The number of amides is 3. The molecule has 4 aliphatic rings. The molecule has 0 radical (unpaired) electrons. The molecule has 0 unspecified atom stereocenters. The molecule has 0 spiro atoms. The van der Waals surface area contributed by atoms with Gasteiger partial charge < -0.3 is 15.5 Å². The molecule has 2 aromatic carbocycles. The maximum atomic E-state index is 14.5. The number of aryl methyl sites for hydroxylation is 2. The first kappa shape index (κ1) is 37.1. The zero-order valence-electron chi connectivity index (χ0n) is 31.5. The van der Waals surface area contributed by atoms with Gasteiger partial charge in [0.15, 0.2) is 0 Å². The molecule has 0 aromatic heterocycles. The van der Waals surface area contributed by atoms with E-state index in [-0.39, 0.29) is 64.4 Å². The molecule has 6 rings (SSSR count). The molecule has 8 nitrogen and oxygen atoms in total. The Bertz CT molecular complexity index is 1720. The largest absolute Gasteiger partial charge is 0.508 e. The van der Waals surface area contributed by atoms with Crippen molar-refractivity contribution in [1.29, 1.82) is 0 Å². The van der Waals surface area contributed by atoms with E-state index in [1.807, 2.05) is 32.0 Å². The average Bonchev–Trinajstić information content (AvgIpc) is 3.06. The van der Waals surface area contributed by atoms with Crippen LogP contribution in [0.1, 0.15) is 134 Å². The van der Waals surface area contributed by atoms with Gasteiger partial charge in [-0.05, 0) is 139 Å². The quantitative estimate of drug-likeness (QED) is 0.195. The Kier molecular flexibility index (Phi) is 9.97. The van der Waals surface area contributed by atoms with Crippen molar-refractivity contribution in [3.63, 3.8) is 0 Å². The maximum Gasteiger partial charge on any atom is 0.303 e. The van der Waals surface area contributed by atoms with Crippen LogP contribution >= 0.6 is 0 Å². The first-order valence-corrected chi connectivity index (χ1v) is 19.4. The summed E-state index contributed by atoms with van der Waals surface area (Å²) in [7, 11) is 0. The zero-order valence-corrected chi connectivity index (χ0v) is 31.5. The number of carboxylic acids is 1. The van der Waals surface area contributed by atoms with E-state index < -0.39 is 16.8 Å². The van der Waals surface area contributed by atoms with Crippen LogP contribution in [-0.4, -0.2) is 33.9 Å². The number of carboxylic acid groups (broad SMARTS) is 1. The van der Waals surface area contributed by atoms with Gasteiger partial charge in [0, 0.05) is 18.0 Å². The van der Waals surface area contributed by atoms with Gasteiger partial charge in [0.1, 0.15) is 5.75 Å². The lowest BCUT2D eigenvalue weighted by Crippen LogP contribution is -2.60. The molecule has 276 valence electrons. The molecule has 4 aliphatic carbocycles. The molecule has 0 aliphatic heterocycles. The number of hydrogen-bond acceptors (Lipinski definition) is 5. The molecule has 0 saturated heterocycles. The fourth-order valence-corrected chi connectivity index (χ4v) is 11.4. The van der Waals surface area contributed by atoms with E-state index >= 15 is 0 Å². The molecule has 2 saturated carbocycles. The van der Waals surface area contributed by atoms with E-state index in [9.17, 15) is 29.4 Å². The number of carbonyl (C=O) groups excluding carboxylic acids is 3. The van der Waals surface area contributed by atoms with E-state index in [0.29, 0.717) is 24.9 Å². The molecule has 4 N–H and O–H groups in total. The highest BCUT2D eigenvalue weighted by molar-refractivity contribution is 6.01. The second kappa shape index (κ2) is 13.7. The van der Waals surface area contributed by atoms with Crippen LogP contribution in [-0.2, 0) is 42.8 Å². The maximum absolute atomic E-state index is 14.5. The third kappa shape index (κ3) is 6.61. The Labute approximate surface area is 303 Å². The Hall–Kier alpha value is -3.68. The minimum absolute atomic E-state index is 0.0169. The first-order valence-electron chi connectivity index (χ1n) is 19.4. The summed E-state index contributed by atoms with van der Waals surface area (Å²) in [5, 5.41) is 25.8. The highest BCUT2D eigenvalue weighted by atomic mass is 16.4. The third-order valence-corrected chi connectivity index (χ3v) is 14.1. The SMILES string of the molecule is CC(C)C[C@@H](CCC(=O)O)C(=O)Nc1ccc2c(c1)[C@@]1(C)CCC[C@](C)(C(=O)NC(=O)[C@@]3(C)CCC[C@]4(C)c5cc(O)ccc5CC[C@@H]34)[C@@H]1CC2. The fraction of sp³-hybridized carbons (Fsp3) is 0.628. The van der Waals surface area contributed by atoms with Crippen LogP contribution in [0.5, 0.6) is 5.75 Å². The molecule has 2 aromatic rings. The third-order valence-electron chi connectivity index (χ3n) is 14.1. The summed E-state index contributed by atoms with van der Waals surface area (Å²) in [5.41, 5.74) is 3.47. The van der Waals surface area contributed by atoms with E-state index in [1.54, 1.807) is 6.07 Å². The number of fused-ring (bicyclic) bond motifs is 6. The number of aromatic hydroxyl groups is 1. The summed E-state index contributed by atoms with van der Waals surface area (Å²) < 4.78 is 0. The van der Waals surface area contributed by atoms with Gasteiger partial charge in [-0.1, -0.05) is 66.5 Å². The molecule has 0 bridgehead atoms. The van der Waals surface area contributed by atoms with E-state index in [1.165, 1.54) is 11.1 Å². The number of aliphatic carboxylic acids is 1. The number of anilines is 1. The number of benzene rings is 2. The van der Waals surface area contributed by atoms with Crippen molar-refractivity contribution in [2.75, 3.05) is 5.32 Å². The number of hydrogen-bond donors (Lipinski definition) is 4. The van der Waals surface area contributed by atoms with E-state index in [0.717, 1.165) is 68.9 Å². The average molecular weight is 699 g/mol. The van der Waals surface area contributed by atoms with Gasteiger partial charge >= 0.3 is 5.97 Å². The summed E-state index contributed by atoms with van der Waals surface area (Å²) in [5.74, 6) is -1.19. The molecular formula is C43H58N2O6. The van der Waals surface area contributed by atoms with Gasteiger partial charge in [-0.25, -0.2) is 0 Å². The van der Waals surface area contributed by atoms with Crippen molar-refractivity contribution in [2.45, 2.75) is 136 Å². The van der Waals surface area contributed by atoms with Gasteiger partial charge in [0.05, 0.1) is 10.8 Å². The molecule has 51 heavy (non-hydrogen) atoms. The monoisotopic (exact) mass is 698 g/mol. The Morgan fingerprint density at radius 1 is 0.784 bits per heavy atom. The second-order valence-electron chi connectivity index (χ2n) is 17.8. The molecule has 7 atom stereocenters. The number of phenolic OH excluding ortho intramolecular Hbond substituents is 1. The van der Waals surface area contributed by atoms with Gasteiger partial charge in [-0.15, -0.1) is 0 Å². The normalized spacial score (nSPS) is 31.7. The highest BCUT2D eigenvalue weighted by Gasteiger charge is 2.58. The summed E-state index contributed by atoms with van der Waals surface area (Å²) in [6, 6.07) is 11.8. The first-order chi connectivity index (χ1) is 24.0. The van der Waals surface area contributed by atoms with Crippen molar-refractivity contribution in [3.05, 3.63) is 58.7 Å². The molecule has 3 amide bonds. The van der Waals surface area contributed by atoms with E-state index in [4.69, 9.17) is 0 Å².